The topological polar surface area (TPSA) is 107 Å². The largest absolute Gasteiger partial charge is 0.318 e. The van der Waals surface area contributed by atoms with E-state index < -0.39 is 15.9 Å². The van der Waals surface area contributed by atoms with Gasteiger partial charge in [-0.05, 0) is 18.2 Å². The first kappa shape index (κ1) is 15.8. The van der Waals surface area contributed by atoms with Crippen LogP contribution < -0.4 is 10.5 Å². The molecule has 0 aliphatic rings. The highest BCUT2D eigenvalue weighted by Crippen LogP contribution is 2.33. The molecule has 0 aliphatic heterocycles. The molecule has 0 atom stereocenters. The molecule has 2 aromatic rings. The second-order valence-corrected chi connectivity index (χ2v) is 6.51. The fourth-order valence-corrected chi connectivity index (χ4v) is 2.82. The minimum atomic E-state index is -3.94. The number of nitrogens with two attached hydrogens (primary N) is 1. The fraction of sp³-hybridized carbons (Fsp3) is 0.0909. The lowest BCUT2D eigenvalue weighted by Gasteiger charge is -2.10. The molecule has 0 radical (unpaired) electrons. The van der Waals surface area contributed by atoms with Crippen LogP contribution in [0.4, 0.5) is 5.69 Å². The van der Waals surface area contributed by atoms with Crippen molar-refractivity contribution in [3.63, 3.8) is 0 Å². The van der Waals surface area contributed by atoms with Crippen molar-refractivity contribution in [3.05, 3.63) is 40.1 Å². The summed E-state index contributed by atoms with van der Waals surface area (Å²) in [4.78, 5) is 11.7. The Morgan fingerprint density at radius 3 is 2.33 bits per heavy atom. The second kappa shape index (κ2) is 5.64. The summed E-state index contributed by atoms with van der Waals surface area (Å²) in [6.07, 6.45) is 1.60. The normalized spacial score (nSPS) is 11.4. The standard InChI is InChI=1S/C11H10Cl2N4O3S/c1-17-3-2-9(16-17)11(18)15-10-7(12)4-6(5-8(10)13)21(14,19)20/h2-5H,1H3,(H,15,18)(H2,14,19,20). The monoisotopic (exact) mass is 348 g/mol. The number of carbonyl (C=O) groups is 1. The van der Waals surface area contributed by atoms with Gasteiger partial charge in [-0.1, -0.05) is 23.2 Å². The van der Waals surface area contributed by atoms with E-state index in [1.165, 1.54) is 10.7 Å². The number of halogens is 2. The SMILES string of the molecule is Cn1ccc(C(=O)Nc2c(Cl)cc(S(N)(=O)=O)cc2Cl)n1. The molecule has 0 spiro atoms. The van der Waals surface area contributed by atoms with Gasteiger partial charge in [-0.2, -0.15) is 5.10 Å². The molecule has 2 rings (SSSR count). The van der Waals surface area contributed by atoms with Crippen molar-refractivity contribution in [3.8, 4) is 0 Å². The minimum absolute atomic E-state index is 0.0455. The lowest BCUT2D eigenvalue weighted by Crippen LogP contribution is -2.15. The highest BCUT2D eigenvalue weighted by Gasteiger charge is 2.18. The van der Waals surface area contributed by atoms with Crippen LogP contribution in [-0.2, 0) is 17.1 Å². The number of carbonyl (C=O) groups excluding carboxylic acids is 1. The number of anilines is 1. The molecule has 1 heterocycles. The van der Waals surface area contributed by atoms with Gasteiger partial charge in [0.25, 0.3) is 5.91 Å². The van der Waals surface area contributed by atoms with Crippen LogP contribution in [0.3, 0.4) is 0 Å². The summed E-state index contributed by atoms with van der Waals surface area (Å²) < 4.78 is 24.0. The molecule has 0 saturated heterocycles. The minimum Gasteiger partial charge on any atom is -0.318 e. The average molecular weight is 349 g/mol. The van der Waals surface area contributed by atoms with E-state index in [1.807, 2.05) is 0 Å². The summed E-state index contributed by atoms with van der Waals surface area (Å²) in [5, 5.41) is 11.3. The van der Waals surface area contributed by atoms with Crippen molar-refractivity contribution < 1.29 is 13.2 Å². The van der Waals surface area contributed by atoms with Gasteiger partial charge in [0, 0.05) is 13.2 Å². The maximum absolute atomic E-state index is 12.0. The average Bonchev–Trinajstić information content (AvgIpc) is 2.79. The van der Waals surface area contributed by atoms with Crippen LogP contribution in [0.15, 0.2) is 29.3 Å². The summed E-state index contributed by atoms with van der Waals surface area (Å²) in [6.45, 7) is 0. The predicted molar refractivity (Wildman–Crippen MR) is 79.0 cm³/mol. The number of aromatic nitrogens is 2. The molecule has 21 heavy (non-hydrogen) atoms. The third kappa shape index (κ3) is 3.53. The molecule has 0 aliphatic carbocycles. The third-order valence-corrected chi connectivity index (χ3v) is 4.02. The zero-order valence-corrected chi connectivity index (χ0v) is 13.0. The Morgan fingerprint density at radius 2 is 1.90 bits per heavy atom. The van der Waals surface area contributed by atoms with Gasteiger partial charge >= 0.3 is 0 Å². The second-order valence-electron chi connectivity index (χ2n) is 4.14. The first-order chi connectivity index (χ1) is 9.68. The maximum Gasteiger partial charge on any atom is 0.276 e. The van der Waals surface area contributed by atoms with Gasteiger partial charge in [0.05, 0.1) is 20.6 Å². The van der Waals surface area contributed by atoms with Gasteiger partial charge in [0.1, 0.15) is 0 Å². The smallest absolute Gasteiger partial charge is 0.276 e. The Bertz CT molecular complexity index is 794. The number of benzene rings is 1. The lowest BCUT2D eigenvalue weighted by molar-refractivity contribution is 0.102. The first-order valence-corrected chi connectivity index (χ1v) is 7.81. The molecular formula is C11H10Cl2N4O3S. The van der Waals surface area contributed by atoms with E-state index in [2.05, 4.69) is 10.4 Å². The van der Waals surface area contributed by atoms with E-state index in [0.29, 0.717) is 0 Å². The van der Waals surface area contributed by atoms with Crippen molar-refractivity contribution in [1.82, 2.24) is 9.78 Å². The van der Waals surface area contributed by atoms with Crippen molar-refractivity contribution in [2.24, 2.45) is 12.2 Å². The van der Waals surface area contributed by atoms with E-state index in [9.17, 15) is 13.2 Å². The van der Waals surface area contributed by atoms with Gasteiger partial charge in [-0.15, -0.1) is 0 Å². The van der Waals surface area contributed by atoms with Gasteiger partial charge < -0.3 is 5.32 Å². The molecule has 0 fully saturated rings. The molecule has 10 heteroatoms. The number of nitrogens with zero attached hydrogens (tertiary/aromatic N) is 2. The van der Waals surface area contributed by atoms with Crippen LogP contribution in [0.5, 0.6) is 0 Å². The molecule has 0 unspecified atom stereocenters. The van der Waals surface area contributed by atoms with Gasteiger partial charge in [-0.3, -0.25) is 9.48 Å². The van der Waals surface area contributed by atoms with E-state index >= 15 is 0 Å². The van der Waals surface area contributed by atoms with E-state index in [1.54, 1.807) is 13.2 Å². The Balaban J connectivity index is 2.35. The number of hydrogen-bond acceptors (Lipinski definition) is 4. The van der Waals surface area contributed by atoms with Crippen LogP contribution in [0.1, 0.15) is 10.5 Å². The van der Waals surface area contributed by atoms with Crippen LogP contribution >= 0.6 is 23.2 Å². The maximum atomic E-state index is 12.0. The summed E-state index contributed by atoms with van der Waals surface area (Å²) in [5.41, 5.74) is 0.251. The van der Waals surface area contributed by atoms with Gasteiger partial charge in [-0.25, -0.2) is 13.6 Å². The van der Waals surface area contributed by atoms with Gasteiger partial charge in [0.2, 0.25) is 10.0 Å². The molecule has 1 amide bonds. The predicted octanol–water partition coefficient (Wildman–Crippen LogP) is 1.63. The van der Waals surface area contributed by atoms with E-state index in [0.717, 1.165) is 12.1 Å². The number of primary sulfonamides is 1. The lowest BCUT2D eigenvalue weighted by atomic mass is 10.3. The fourth-order valence-electron chi connectivity index (χ4n) is 1.55. The van der Waals surface area contributed by atoms with Crippen molar-refractivity contribution >= 4 is 44.8 Å². The quantitative estimate of drug-likeness (QED) is 0.878. The molecule has 0 bridgehead atoms. The summed E-state index contributed by atoms with van der Waals surface area (Å²) in [7, 11) is -2.27. The number of nitrogens with one attached hydrogen (secondary N) is 1. The zero-order valence-electron chi connectivity index (χ0n) is 10.7. The van der Waals surface area contributed by atoms with E-state index in [4.69, 9.17) is 28.3 Å². The first-order valence-electron chi connectivity index (χ1n) is 5.51. The summed E-state index contributed by atoms with van der Waals surface area (Å²) in [5.74, 6) is -0.525. The highest BCUT2D eigenvalue weighted by molar-refractivity contribution is 7.89. The van der Waals surface area contributed by atoms with Crippen LogP contribution in [0.25, 0.3) is 0 Å². The summed E-state index contributed by atoms with van der Waals surface area (Å²) >= 11 is 11.9. The van der Waals surface area contributed by atoms with Crippen molar-refractivity contribution in [2.45, 2.75) is 4.90 Å². The molecule has 3 N–H and O–H groups in total. The van der Waals surface area contributed by atoms with E-state index in [-0.39, 0.29) is 26.3 Å². The summed E-state index contributed by atoms with van der Waals surface area (Å²) in [6, 6.07) is 3.73. The Hall–Kier alpha value is -1.61. The van der Waals surface area contributed by atoms with Gasteiger partial charge in [0.15, 0.2) is 5.69 Å². The third-order valence-electron chi connectivity index (χ3n) is 2.53. The molecular weight excluding hydrogens is 339 g/mol. The molecule has 1 aromatic carbocycles. The number of sulfonamides is 1. The molecule has 0 saturated carbocycles. The Morgan fingerprint density at radius 1 is 1.33 bits per heavy atom. The molecule has 1 aromatic heterocycles. The van der Waals surface area contributed by atoms with Crippen molar-refractivity contribution in [1.29, 1.82) is 0 Å². The van der Waals surface area contributed by atoms with Crippen LogP contribution in [0.2, 0.25) is 10.0 Å². The molecule has 7 nitrogen and oxygen atoms in total. The van der Waals surface area contributed by atoms with Crippen molar-refractivity contribution in [2.75, 3.05) is 5.32 Å². The van der Waals surface area contributed by atoms with Crippen LogP contribution in [0, 0.1) is 0 Å². The number of amides is 1. The number of aryl methyl sites for hydroxylation is 1. The Kier molecular flexibility index (Phi) is 4.24. The molecule has 112 valence electrons. The zero-order chi connectivity index (χ0) is 15.8. The Labute approximate surface area is 130 Å². The number of rotatable bonds is 3. The van der Waals surface area contributed by atoms with Crippen LogP contribution in [-0.4, -0.2) is 24.1 Å². The highest BCUT2D eigenvalue weighted by atomic mass is 35.5. The number of hydrogen-bond donors (Lipinski definition) is 2.